The Morgan fingerprint density at radius 1 is 1.21 bits per heavy atom. The van der Waals surface area contributed by atoms with Crippen LogP contribution in [0, 0.1) is 24.7 Å². The van der Waals surface area contributed by atoms with Crippen molar-refractivity contribution in [1.29, 1.82) is 0 Å². The van der Waals surface area contributed by atoms with Gasteiger partial charge in [-0.3, -0.25) is 9.20 Å². The number of aryl methyl sites for hydroxylation is 2. The number of carbonyl (C=O) groups excluding carboxylic acids is 1. The van der Waals surface area contributed by atoms with Crippen molar-refractivity contribution in [2.24, 2.45) is 10.8 Å². The second kappa shape index (κ2) is 5.61. The Bertz CT molecular complexity index is 770. The van der Waals surface area contributed by atoms with Gasteiger partial charge in [0.25, 0.3) is 5.91 Å². The van der Waals surface area contributed by atoms with Crippen molar-refractivity contribution in [2.75, 3.05) is 0 Å². The molecular weight excluding hydrogens is 298 g/mol. The van der Waals surface area contributed by atoms with Gasteiger partial charge in [0.2, 0.25) is 0 Å². The summed E-state index contributed by atoms with van der Waals surface area (Å²) in [5, 5.41) is 3.29. The number of nitrogens with one attached hydrogen (secondary N) is 1. The first-order valence-electron chi connectivity index (χ1n) is 8.83. The topological polar surface area (TPSA) is 46.4 Å². The molecule has 2 heterocycles. The maximum absolute atomic E-state index is 13.0. The molecule has 2 aromatic rings. The number of carbonyl (C=O) groups is 1. The first-order chi connectivity index (χ1) is 11.1. The van der Waals surface area contributed by atoms with Gasteiger partial charge in [0.15, 0.2) is 0 Å². The maximum Gasteiger partial charge on any atom is 0.270 e. The van der Waals surface area contributed by atoms with Gasteiger partial charge in [-0.25, -0.2) is 4.98 Å². The average Bonchev–Trinajstić information content (AvgIpc) is 2.72. The van der Waals surface area contributed by atoms with Crippen LogP contribution < -0.4 is 5.32 Å². The molecule has 4 nitrogen and oxygen atoms in total. The molecule has 1 aliphatic carbocycles. The molecule has 1 fully saturated rings. The van der Waals surface area contributed by atoms with Crippen LogP contribution in [0.15, 0.2) is 18.3 Å². The second-order valence-electron chi connectivity index (χ2n) is 9.01. The molecule has 130 valence electrons. The quantitative estimate of drug-likeness (QED) is 0.894. The highest BCUT2D eigenvalue weighted by Gasteiger charge is 2.39. The smallest absolute Gasteiger partial charge is 0.270 e. The molecule has 1 amide bonds. The Hall–Kier alpha value is -1.84. The third-order valence-corrected chi connectivity index (χ3v) is 5.12. The Balaban J connectivity index is 1.88. The maximum atomic E-state index is 13.0. The van der Waals surface area contributed by atoms with Gasteiger partial charge in [-0.05, 0) is 55.6 Å². The summed E-state index contributed by atoms with van der Waals surface area (Å²) in [7, 11) is 0. The summed E-state index contributed by atoms with van der Waals surface area (Å²) in [6, 6.07) is 4.20. The lowest BCUT2D eigenvalue weighted by atomic mass is 9.63. The molecule has 3 rings (SSSR count). The molecule has 0 spiro atoms. The number of hydrogen-bond acceptors (Lipinski definition) is 2. The summed E-state index contributed by atoms with van der Waals surface area (Å²) < 4.78 is 1.92. The predicted molar refractivity (Wildman–Crippen MR) is 97.3 cm³/mol. The summed E-state index contributed by atoms with van der Waals surface area (Å²) in [5.74, 6) is -0.0101. The van der Waals surface area contributed by atoms with Gasteiger partial charge in [-0.15, -0.1) is 0 Å². The molecule has 0 saturated heterocycles. The zero-order valence-electron chi connectivity index (χ0n) is 15.7. The first kappa shape index (κ1) is 17.0. The van der Waals surface area contributed by atoms with E-state index in [0.717, 1.165) is 29.7 Å². The molecule has 0 unspecified atom stereocenters. The van der Waals surface area contributed by atoms with E-state index in [1.165, 1.54) is 6.42 Å². The Morgan fingerprint density at radius 2 is 1.83 bits per heavy atom. The van der Waals surface area contributed by atoms with Crippen LogP contribution in [0.4, 0.5) is 0 Å². The minimum Gasteiger partial charge on any atom is -0.348 e. The van der Waals surface area contributed by atoms with E-state index >= 15 is 0 Å². The monoisotopic (exact) mass is 327 g/mol. The third kappa shape index (κ3) is 3.19. The van der Waals surface area contributed by atoms with Crippen molar-refractivity contribution >= 4 is 11.6 Å². The van der Waals surface area contributed by atoms with Crippen LogP contribution in [0.5, 0.6) is 0 Å². The Kier molecular flexibility index (Phi) is 3.97. The van der Waals surface area contributed by atoms with Gasteiger partial charge in [0.1, 0.15) is 11.3 Å². The molecule has 0 atom stereocenters. The average molecular weight is 327 g/mol. The van der Waals surface area contributed by atoms with Gasteiger partial charge in [0, 0.05) is 12.2 Å². The molecule has 1 saturated carbocycles. The predicted octanol–water partition coefficient (Wildman–Crippen LogP) is 4.29. The fraction of sp³-hybridized carbons (Fsp3) is 0.600. The lowest BCUT2D eigenvalue weighted by Gasteiger charge is -2.45. The minimum atomic E-state index is -0.0101. The van der Waals surface area contributed by atoms with E-state index in [9.17, 15) is 4.79 Å². The van der Waals surface area contributed by atoms with Gasteiger partial charge in [0.05, 0.1) is 5.69 Å². The summed E-state index contributed by atoms with van der Waals surface area (Å²) >= 11 is 0. The van der Waals surface area contributed by atoms with E-state index in [1.807, 2.05) is 36.6 Å². The molecule has 0 aromatic carbocycles. The highest BCUT2D eigenvalue weighted by atomic mass is 16.2. The van der Waals surface area contributed by atoms with E-state index in [4.69, 9.17) is 0 Å². The molecule has 4 heteroatoms. The molecule has 0 bridgehead atoms. The van der Waals surface area contributed by atoms with E-state index in [0.29, 0.717) is 5.69 Å². The SMILES string of the molecule is Cc1nc2c(C)cccn2c1C(=O)NC1CC(C)(C)CC(C)(C)C1. The van der Waals surface area contributed by atoms with Crippen molar-refractivity contribution in [1.82, 2.24) is 14.7 Å². The number of nitrogens with zero attached hydrogens (tertiary/aromatic N) is 2. The van der Waals surface area contributed by atoms with Gasteiger partial charge < -0.3 is 5.32 Å². The van der Waals surface area contributed by atoms with Crippen LogP contribution >= 0.6 is 0 Å². The number of hydrogen-bond donors (Lipinski definition) is 1. The Labute approximate surface area is 144 Å². The highest BCUT2D eigenvalue weighted by Crippen LogP contribution is 2.45. The molecule has 2 aromatic heterocycles. The molecule has 1 N–H and O–H groups in total. The normalized spacial score (nSPS) is 20.2. The lowest BCUT2D eigenvalue weighted by Crippen LogP contribution is -2.46. The fourth-order valence-corrected chi connectivity index (χ4v) is 4.79. The molecule has 0 aliphatic heterocycles. The lowest BCUT2D eigenvalue weighted by molar-refractivity contribution is 0.0709. The van der Waals surface area contributed by atoms with Crippen LogP contribution in [0.2, 0.25) is 0 Å². The van der Waals surface area contributed by atoms with Crippen LogP contribution in [0.3, 0.4) is 0 Å². The van der Waals surface area contributed by atoms with Crippen molar-refractivity contribution < 1.29 is 4.79 Å². The van der Waals surface area contributed by atoms with Crippen molar-refractivity contribution in [2.45, 2.75) is 66.8 Å². The Morgan fingerprint density at radius 3 is 2.46 bits per heavy atom. The van der Waals surface area contributed by atoms with Gasteiger partial charge >= 0.3 is 0 Å². The molecule has 1 aliphatic rings. The first-order valence-corrected chi connectivity index (χ1v) is 8.83. The second-order valence-corrected chi connectivity index (χ2v) is 9.01. The molecular formula is C20H29N3O. The van der Waals surface area contributed by atoms with Gasteiger partial charge in [-0.2, -0.15) is 0 Å². The number of fused-ring (bicyclic) bond motifs is 1. The van der Waals surface area contributed by atoms with E-state index in [-0.39, 0.29) is 22.8 Å². The summed E-state index contributed by atoms with van der Waals surface area (Å²) in [6.45, 7) is 13.1. The third-order valence-electron chi connectivity index (χ3n) is 5.12. The number of rotatable bonds is 2. The number of pyridine rings is 1. The van der Waals surface area contributed by atoms with Crippen LogP contribution in [-0.2, 0) is 0 Å². The molecule has 24 heavy (non-hydrogen) atoms. The van der Waals surface area contributed by atoms with Crippen molar-refractivity contribution in [3.8, 4) is 0 Å². The number of aromatic nitrogens is 2. The van der Waals surface area contributed by atoms with Crippen LogP contribution in [0.25, 0.3) is 5.65 Å². The summed E-state index contributed by atoms with van der Waals surface area (Å²) in [4.78, 5) is 17.6. The summed E-state index contributed by atoms with van der Waals surface area (Å²) in [6.07, 6.45) is 5.17. The highest BCUT2D eigenvalue weighted by molar-refractivity contribution is 5.95. The van der Waals surface area contributed by atoms with Crippen molar-refractivity contribution in [3.63, 3.8) is 0 Å². The number of imidazole rings is 1. The summed E-state index contributed by atoms with van der Waals surface area (Å²) in [5.41, 5.74) is 3.91. The van der Waals surface area contributed by atoms with Crippen LogP contribution in [-0.4, -0.2) is 21.3 Å². The molecule has 0 radical (unpaired) electrons. The van der Waals surface area contributed by atoms with E-state index in [1.54, 1.807) is 0 Å². The fourth-order valence-electron chi connectivity index (χ4n) is 4.79. The van der Waals surface area contributed by atoms with E-state index in [2.05, 4.69) is 38.0 Å². The number of amides is 1. The zero-order valence-corrected chi connectivity index (χ0v) is 15.7. The van der Waals surface area contributed by atoms with Crippen LogP contribution in [0.1, 0.15) is 68.7 Å². The van der Waals surface area contributed by atoms with Crippen molar-refractivity contribution in [3.05, 3.63) is 35.3 Å². The standard InChI is InChI=1S/C20H29N3O/c1-13-8-7-9-23-16(14(2)21-17(13)23)18(24)22-15-10-19(3,4)12-20(5,6)11-15/h7-9,15H,10-12H2,1-6H3,(H,22,24). The van der Waals surface area contributed by atoms with Gasteiger partial charge in [-0.1, -0.05) is 33.8 Å². The largest absolute Gasteiger partial charge is 0.348 e. The van der Waals surface area contributed by atoms with E-state index < -0.39 is 0 Å². The minimum absolute atomic E-state index is 0.0101. The zero-order chi connectivity index (χ0) is 17.7.